The average molecular weight is 220 g/mol. The quantitative estimate of drug-likeness (QED) is 0.797. The summed E-state index contributed by atoms with van der Waals surface area (Å²) < 4.78 is 0. The first-order valence-corrected chi connectivity index (χ1v) is 5.76. The van der Waals surface area contributed by atoms with E-state index in [1.54, 1.807) is 0 Å². The number of carbonyl (C=O) groups excluding carboxylic acids is 1. The molecule has 1 rings (SSSR count). The van der Waals surface area contributed by atoms with E-state index in [-0.39, 0.29) is 11.9 Å². The Morgan fingerprint density at radius 1 is 1.38 bits per heavy atom. The molecular weight excluding hydrogens is 200 g/mol. The van der Waals surface area contributed by atoms with Crippen molar-refractivity contribution in [2.24, 2.45) is 5.73 Å². The lowest BCUT2D eigenvalue weighted by Crippen LogP contribution is -2.41. The summed E-state index contributed by atoms with van der Waals surface area (Å²) in [6.45, 7) is 3.99. The van der Waals surface area contributed by atoms with Crippen LogP contribution in [0.3, 0.4) is 0 Å². The summed E-state index contributed by atoms with van der Waals surface area (Å²) in [7, 11) is 0. The molecule has 0 saturated heterocycles. The van der Waals surface area contributed by atoms with Crippen molar-refractivity contribution in [3.63, 3.8) is 0 Å². The zero-order chi connectivity index (χ0) is 12.0. The molecule has 0 bridgehead atoms. The molecule has 0 heterocycles. The van der Waals surface area contributed by atoms with Crippen molar-refractivity contribution in [1.82, 2.24) is 5.32 Å². The van der Waals surface area contributed by atoms with Crippen LogP contribution in [0.5, 0.6) is 0 Å². The van der Waals surface area contributed by atoms with Gasteiger partial charge in [-0.3, -0.25) is 4.79 Å². The van der Waals surface area contributed by atoms with Crippen LogP contribution < -0.4 is 11.1 Å². The largest absolute Gasteiger partial charge is 0.348 e. The van der Waals surface area contributed by atoms with Gasteiger partial charge in [0.1, 0.15) is 0 Å². The van der Waals surface area contributed by atoms with Gasteiger partial charge in [-0.1, -0.05) is 43.7 Å². The fourth-order valence-corrected chi connectivity index (χ4v) is 1.59. The Hall–Kier alpha value is -1.35. The van der Waals surface area contributed by atoms with Crippen LogP contribution in [0.15, 0.2) is 30.3 Å². The summed E-state index contributed by atoms with van der Waals surface area (Å²) >= 11 is 0. The van der Waals surface area contributed by atoms with Gasteiger partial charge in [0.25, 0.3) is 0 Å². The molecule has 3 heteroatoms. The fourth-order valence-electron chi connectivity index (χ4n) is 1.59. The van der Waals surface area contributed by atoms with Crippen molar-refractivity contribution in [2.45, 2.75) is 38.8 Å². The standard InChI is InChI=1S/C13H20N2O/c1-3-7-12(14)13(16)15-10(2)11-8-5-4-6-9-11/h4-6,8-10,12H,3,7,14H2,1-2H3,(H,15,16)/t10-,12?/m0/s1. The van der Waals surface area contributed by atoms with Crippen molar-refractivity contribution in [3.8, 4) is 0 Å². The van der Waals surface area contributed by atoms with Crippen LogP contribution in [-0.2, 0) is 4.79 Å². The highest BCUT2D eigenvalue weighted by molar-refractivity contribution is 5.81. The van der Waals surface area contributed by atoms with Crippen LogP contribution in [0.25, 0.3) is 0 Å². The molecule has 2 atom stereocenters. The molecule has 1 unspecified atom stereocenters. The van der Waals surface area contributed by atoms with Gasteiger partial charge >= 0.3 is 0 Å². The van der Waals surface area contributed by atoms with Crippen molar-refractivity contribution >= 4 is 5.91 Å². The number of hydrogen-bond donors (Lipinski definition) is 2. The van der Waals surface area contributed by atoms with E-state index in [0.29, 0.717) is 0 Å². The summed E-state index contributed by atoms with van der Waals surface area (Å²) in [4.78, 5) is 11.7. The zero-order valence-corrected chi connectivity index (χ0v) is 9.94. The number of carbonyl (C=O) groups is 1. The fraction of sp³-hybridized carbons (Fsp3) is 0.462. The van der Waals surface area contributed by atoms with Gasteiger partial charge in [-0.2, -0.15) is 0 Å². The highest BCUT2D eigenvalue weighted by atomic mass is 16.2. The molecule has 0 fully saturated rings. The number of nitrogens with two attached hydrogens (primary N) is 1. The molecule has 16 heavy (non-hydrogen) atoms. The molecule has 1 amide bonds. The Morgan fingerprint density at radius 2 is 2.00 bits per heavy atom. The molecule has 0 aromatic heterocycles. The predicted molar refractivity (Wildman–Crippen MR) is 65.9 cm³/mol. The maximum atomic E-state index is 11.7. The molecule has 0 aliphatic heterocycles. The molecule has 0 radical (unpaired) electrons. The first-order chi connectivity index (χ1) is 7.65. The van der Waals surface area contributed by atoms with Gasteiger partial charge in [-0.15, -0.1) is 0 Å². The van der Waals surface area contributed by atoms with Crippen LogP contribution in [0.4, 0.5) is 0 Å². The minimum absolute atomic E-state index is 0.0107. The highest BCUT2D eigenvalue weighted by Crippen LogP contribution is 2.11. The van der Waals surface area contributed by atoms with Gasteiger partial charge < -0.3 is 11.1 Å². The molecule has 3 nitrogen and oxygen atoms in total. The van der Waals surface area contributed by atoms with Gasteiger partial charge in [0.05, 0.1) is 12.1 Å². The molecule has 0 saturated carbocycles. The predicted octanol–water partition coefficient (Wildman–Crippen LogP) is 1.99. The maximum absolute atomic E-state index is 11.7. The van der Waals surface area contributed by atoms with Crippen molar-refractivity contribution in [1.29, 1.82) is 0 Å². The molecule has 88 valence electrons. The number of amides is 1. The molecule has 0 spiro atoms. The Bertz CT molecular complexity index is 324. The SMILES string of the molecule is CCCC(N)C(=O)N[C@@H](C)c1ccccc1. The maximum Gasteiger partial charge on any atom is 0.237 e. The summed E-state index contributed by atoms with van der Waals surface area (Å²) in [5.41, 5.74) is 6.84. The third kappa shape index (κ3) is 3.66. The lowest BCUT2D eigenvalue weighted by atomic mass is 10.1. The Labute approximate surface area is 97.0 Å². The van der Waals surface area contributed by atoms with Crippen molar-refractivity contribution < 1.29 is 4.79 Å². The topological polar surface area (TPSA) is 55.1 Å². The average Bonchev–Trinajstić information content (AvgIpc) is 2.30. The molecule has 1 aromatic rings. The summed E-state index contributed by atoms with van der Waals surface area (Å²) in [6, 6.07) is 9.49. The van der Waals surface area contributed by atoms with E-state index in [2.05, 4.69) is 5.32 Å². The number of nitrogens with one attached hydrogen (secondary N) is 1. The van der Waals surface area contributed by atoms with E-state index in [0.717, 1.165) is 18.4 Å². The Kier molecular flexibility index (Phi) is 4.99. The van der Waals surface area contributed by atoms with Crippen LogP contribution in [-0.4, -0.2) is 11.9 Å². The zero-order valence-electron chi connectivity index (χ0n) is 9.94. The second-order valence-electron chi connectivity index (χ2n) is 4.04. The van der Waals surface area contributed by atoms with Crippen LogP contribution >= 0.6 is 0 Å². The van der Waals surface area contributed by atoms with Gasteiger partial charge in [0.15, 0.2) is 0 Å². The molecular formula is C13H20N2O. The number of benzene rings is 1. The van der Waals surface area contributed by atoms with Gasteiger partial charge in [-0.05, 0) is 18.9 Å². The van der Waals surface area contributed by atoms with E-state index in [1.165, 1.54) is 0 Å². The van der Waals surface area contributed by atoms with E-state index < -0.39 is 6.04 Å². The lowest BCUT2D eigenvalue weighted by molar-refractivity contribution is -0.123. The highest BCUT2D eigenvalue weighted by Gasteiger charge is 2.15. The third-order valence-corrected chi connectivity index (χ3v) is 2.59. The summed E-state index contributed by atoms with van der Waals surface area (Å²) in [5.74, 6) is -0.0711. The van der Waals surface area contributed by atoms with E-state index in [1.807, 2.05) is 44.2 Å². The minimum atomic E-state index is -0.392. The second kappa shape index (κ2) is 6.28. The number of hydrogen-bond acceptors (Lipinski definition) is 2. The number of rotatable bonds is 5. The minimum Gasteiger partial charge on any atom is -0.348 e. The van der Waals surface area contributed by atoms with Crippen LogP contribution in [0.2, 0.25) is 0 Å². The van der Waals surface area contributed by atoms with Gasteiger partial charge in [0.2, 0.25) is 5.91 Å². The van der Waals surface area contributed by atoms with E-state index >= 15 is 0 Å². The Morgan fingerprint density at radius 3 is 2.56 bits per heavy atom. The summed E-state index contributed by atoms with van der Waals surface area (Å²) in [6.07, 6.45) is 1.65. The normalized spacial score (nSPS) is 14.2. The second-order valence-corrected chi connectivity index (χ2v) is 4.04. The smallest absolute Gasteiger partial charge is 0.237 e. The monoisotopic (exact) mass is 220 g/mol. The lowest BCUT2D eigenvalue weighted by Gasteiger charge is -2.17. The third-order valence-electron chi connectivity index (χ3n) is 2.59. The van der Waals surface area contributed by atoms with Crippen molar-refractivity contribution in [2.75, 3.05) is 0 Å². The first kappa shape index (κ1) is 12.7. The molecule has 1 aromatic carbocycles. The van der Waals surface area contributed by atoms with Crippen LogP contribution in [0.1, 0.15) is 38.3 Å². The Balaban J connectivity index is 2.51. The van der Waals surface area contributed by atoms with E-state index in [9.17, 15) is 4.79 Å². The van der Waals surface area contributed by atoms with Gasteiger partial charge in [-0.25, -0.2) is 0 Å². The van der Waals surface area contributed by atoms with Gasteiger partial charge in [0, 0.05) is 0 Å². The molecule has 0 aliphatic carbocycles. The first-order valence-electron chi connectivity index (χ1n) is 5.76. The van der Waals surface area contributed by atoms with E-state index in [4.69, 9.17) is 5.73 Å². The molecule has 3 N–H and O–H groups in total. The van der Waals surface area contributed by atoms with Crippen molar-refractivity contribution in [3.05, 3.63) is 35.9 Å². The van der Waals surface area contributed by atoms with Crippen LogP contribution in [0, 0.1) is 0 Å². The molecule has 0 aliphatic rings. The summed E-state index contributed by atoms with van der Waals surface area (Å²) in [5, 5.41) is 2.92.